The van der Waals surface area contributed by atoms with Gasteiger partial charge in [0.1, 0.15) is 5.03 Å². The van der Waals surface area contributed by atoms with Gasteiger partial charge in [0, 0.05) is 18.6 Å². The standard InChI is InChI=1S/C9H10N4S/c10-8-3-1-4-11-9(8)14-7-13-6-2-5-12-13/h1-6H,7,10H2. The van der Waals surface area contributed by atoms with Crippen LogP contribution in [0.3, 0.4) is 0 Å². The number of rotatable bonds is 3. The summed E-state index contributed by atoms with van der Waals surface area (Å²) < 4.78 is 1.83. The third kappa shape index (κ3) is 2.05. The smallest absolute Gasteiger partial charge is 0.121 e. The summed E-state index contributed by atoms with van der Waals surface area (Å²) in [4.78, 5) is 4.17. The monoisotopic (exact) mass is 206 g/mol. The zero-order chi connectivity index (χ0) is 9.80. The third-order valence-electron chi connectivity index (χ3n) is 1.69. The molecule has 0 unspecified atom stereocenters. The fourth-order valence-electron chi connectivity index (χ4n) is 1.03. The van der Waals surface area contributed by atoms with E-state index >= 15 is 0 Å². The zero-order valence-corrected chi connectivity index (χ0v) is 8.31. The van der Waals surface area contributed by atoms with Crippen LogP contribution in [0.5, 0.6) is 0 Å². The van der Waals surface area contributed by atoms with Gasteiger partial charge >= 0.3 is 0 Å². The minimum Gasteiger partial charge on any atom is -0.397 e. The number of pyridine rings is 1. The lowest BCUT2D eigenvalue weighted by Crippen LogP contribution is -1.96. The van der Waals surface area contributed by atoms with Crippen molar-refractivity contribution < 1.29 is 0 Å². The van der Waals surface area contributed by atoms with Crippen LogP contribution in [-0.2, 0) is 5.88 Å². The summed E-state index contributed by atoms with van der Waals surface area (Å²) in [7, 11) is 0. The van der Waals surface area contributed by atoms with Gasteiger partial charge in [0.2, 0.25) is 0 Å². The molecule has 2 heterocycles. The Labute approximate surface area is 86.1 Å². The second-order valence-corrected chi connectivity index (χ2v) is 3.65. The first kappa shape index (κ1) is 9.08. The van der Waals surface area contributed by atoms with Crippen molar-refractivity contribution in [2.45, 2.75) is 10.9 Å². The van der Waals surface area contributed by atoms with Crippen LogP contribution >= 0.6 is 11.8 Å². The number of hydrogen-bond acceptors (Lipinski definition) is 4. The predicted molar refractivity (Wildman–Crippen MR) is 56.7 cm³/mol. The van der Waals surface area contributed by atoms with Crippen LogP contribution in [-0.4, -0.2) is 14.8 Å². The van der Waals surface area contributed by atoms with Crippen LogP contribution in [0.25, 0.3) is 0 Å². The van der Waals surface area contributed by atoms with E-state index in [1.54, 1.807) is 24.2 Å². The molecule has 2 aromatic heterocycles. The van der Waals surface area contributed by atoms with Crippen molar-refractivity contribution in [3.05, 3.63) is 36.8 Å². The number of nitrogen functional groups attached to an aromatic ring is 1. The molecule has 0 saturated heterocycles. The van der Waals surface area contributed by atoms with Gasteiger partial charge in [0.25, 0.3) is 0 Å². The van der Waals surface area contributed by atoms with Crippen LogP contribution in [0.1, 0.15) is 0 Å². The summed E-state index contributed by atoms with van der Waals surface area (Å²) in [5, 5.41) is 4.94. The highest BCUT2D eigenvalue weighted by molar-refractivity contribution is 7.98. The first-order valence-electron chi connectivity index (χ1n) is 4.17. The van der Waals surface area contributed by atoms with Gasteiger partial charge in [-0.05, 0) is 18.2 Å². The van der Waals surface area contributed by atoms with Crippen molar-refractivity contribution in [2.75, 3.05) is 5.73 Å². The lowest BCUT2D eigenvalue weighted by molar-refractivity contribution is 0.750. The third-order valence-corrected chi connectivity index (χ3v) is 2.70. The van der Waals surface area contributed by atoms with Gasteiger partial charge in [-0.25, -0.2) is 4.98 Å². The van der Waals surface area contributed by atoms with Crippen molar-refractivity contribution in [2.24, 2.45) is 0 Å². The van der Waals surface area contributed by atoms with E-state index < -0.39 is 0 Å². The van der Waals surface area contributed by atoms with Gasteiger partial charge in [-0.3, -0.25) is 4.68 Å². The number of anilines is 1. The number of aromatic nitrogens is 3. The molecule has 2 N–H and O–H groups in total. The Balaban J connectivity index is 2.02. The van der Waals surface area contributed by atoms with Crippen LogP contribution in [0.4, 0.5) is 5.69 Å². The highest BCUT2D eigenvalue weighted by atomic mass is 32.2. The Hall–Kier alpha value is -1.49. The molecule has 0 amide bonds. The van der Waals surface area contributed by atoms with Crippen molar-refractivity contribution in [1.29, 1.82) is 0 Å². The molecular weight excluding hydrogens is 196 g/mol. The van der Waals surface area contributed by atoms with Crippen molar-refractivity contribution in [1.82, 2.24) is 14.8 Å². The largest absolute Gasteiger partial charge is 0.397 e. The maximum atomic E-state index is 5.75. The minimum absolute atomic E-state index is 0.713. The number of nitrogens with two attached hydrogens (primary N) is 1. The molecule has 4 nitrogen and oxygen atoms in total. The summed E-state index contributed by atoms with van der Waals surface area (Å²) >= 11 is 1.57. The van der Waals surface area contributed by atoms with E-state index in [1.807, 2.05) is 29.1 Å². The van der Waals surface area contributed by atoms with E-state index in [4.69, 9.17) is 5.73 Å². The summed E-state index contributed by atoms with van der Waals surface area (Å²) in [5.74, 6) is 0.730. The topological polar surface area (TPSA) is 56.7 Å². The second kappa shape index (κ2) is 4.15. The average Bonchev–Trinajstić information content (AvgIpc) is 2.69. The van der Waals surface area contributed by atoms with E-state index in [0.29, 0.717) is 5.69 Å². The molecule has 0 radical (unpaired) electrons. The average molecular weight is 206 g/mol. The lowest BCUT2D eigenvalue weighted by atomic mass is 10.4. The van der Waals surface area contributed by atoms with Crippen molar-refractivity contribution >= 4 is 17.4 Å². The van der Waals surface area contributed by atoms with Crippen molar-refractivity contribution in [3.8, 4) is 0 Å². The van der Waals surface area contributed by atoms with Crippen LogP contribution in [0.2, 0.25) is 0 Å². The fourth-order valence-corrected chi connectivity index (χ4v) is 1.81. The van der Waals surface area contributed by atoms with E-state index in [9.17, 15) is 0 Å². The van der Waals surface area contributed by atoms with Gasteiger partial charge in [-0.1, -0.05) is 11.8 Å². The molecule has 0 aliphatic heterocycles. The van der Waals surface area contributed by atoms with E-state index in [0.717, 1.165) is 10.9 Å². The maximum absolute atomic E-state index is 5.75. The number of thioether (sulfide) groups is 1. The molecule has 72 valence electrons. The highest BCUT2D eigenvalue weighted by Crippen LogP contribution is 2.22. The van der Waals surface area contributed by atoms with Crippen LogP contribution < -0.4 is 5.73 Å². The van der Waals surface area contributed by atoms with Gasteiger partial charge in [-0.15, -0.1) is 0 Å². The molecule has 5 heteroatoms. The summed E-state index contributed by atoms with van der Waals surface area (Å²) in [6, 6.07) is 5.56. The molecule has 0 aromatic carbocycles. The molecular formula is C9H10N4S. The normalized spacial score (nSPS) is 10.3. The molecule has 14 heavy (non-hydrogen) atoms. The number of nitrogens with zero attached hydrogens (tertiary/aromatic N) is 3. The second-order valence-electron chi connectivity index (χ2n) is 2.72. The molecule has 2 rings (SSSR count). The van der Waals surface area contributed by atoms with Gasteiger partial charge in [-0.2, -0.15) is 5.10 Å². The number of hydrogen-bond donors (Lipinski definition) is 1. The Morgan fingerprint density at radius 3 is 3.00 bits per heavy atom. The van der Waals surface area contributed by atoms with Crippen molar-refractivity contribution in [3.63, 3.8) is 0 Å². The zero-order valence-electron chi connectivity index (χ0n) is 7.50. The SMILES string of the molecule is Nc1cccnc1SCn1cccn1. The van der Waals surface area contributed by atoms with E-state index in [-0.39, 0.29) is 0 Å². The Kier molecular flexibility index (Phi) is 2.69. The van der Waals surface area contributed by atoms with E-state index in [2.05, 4.69) is 10.1 Å². The first-order valence-corrected chi connectivity index (χ1v) is 5.15. The van der Waals surface area contributed by atoms with Crippen LogP contribution in [0.15, 0.2) is 41.8 Å². The van der Waals surface area contributed by atoms with E-state index in [1.165, 1.54) is 0 Å². The summed E-state index contributed by atoms with van der Waals surface area (Å²) in [6.45, 7) is 0. The fraction of sp³-hybridized carbons (Fsp3) is 0.111. The molecule has 0 aliphatic carbocycles. The Morgan fingerprint density at radius 2 is 2.29 bits per heavy atom. The Bertz CT molecular complexity index is 399. The predicted octanol–water partition coefficient (Wildman–Crippen LogP) is 1.61. The quantitative estimate of drug-likeness (QED) is 0.775. The van der Waals surface area contributed by atoms with Gasteiger partial charge in [0.15, 0.2) is 0 Å². The van der Waals surface area contributed by atoms with Gasteiger partial charge in [0.05, 0.1) is 11.6 Å². The molecule has 0 fully saturated rings. The van der Waals surface area contributed by atoms with Gasteiger partial charge < -0.3 is 5.73 Å². The molecule has 0 bridgehead atoms. The first-order chi connectivity index (χ1) is 6.86. The highest BCUT2D eigenvalue weighted by Gasteiger charge is 2.00. The molecule has 0 saturated carbocycles. The molecule has 2 aromatic rings. The molecule has 0 atom stereocenters. The molecule has 0 aliphatic rings. The van der Waals surface area contributed by atoms with Crippen LogP contribution in [0, 0.1) is 0 Å². The summed E-state index contributed by atoms with van der Waals surface area (Å²) in [5.41, 5.74) is 6.46. The minimum atomic E-state index is 0.713. The summed E-state index contributed by atoms with van der Waals surface area (Å²) in [6.07, 6.45) is 5.40. The maximum Gasteiger partial charge on any atom is 0.121 e. The Morgan fingerprint density at radius 1 is 1.36 bits per heavy atom. The lowest BCUT2D eigenvalue weighted by Gasteiger charge is -2.03. The molecule has 0 spiro atoms.